The Labute approximate surface area is 105 Å². The van der Waals surface area contributed by atoms with E-state index in [1.54, 1.807) is 0 Å². The third-order valence-electron chi connectivity index (χ3n) is 2.83. The molecule has 0 aromatic carbocycles. The predicted octanol–water partition coefficient (Wildman–Crippen LogP) is -0.0172. The molecule has 1 amide bonds. The Hall–Kier alpha value is -1.95. The zero-order chi connectivity index (χ0) is 13.0. The molecule has 2 aromatic heterocycles. The lowest BCUT2D eigenvalue weighted by molar-refractivity contribution is -0.124. The van der Waals surface area contributed by atoms with Crippen molar-refractivity contribution in [2.24, 2.45) is 11.7 Å². The highest BCUT2D eigenvalue weighted by Crippen LogP contribution is 2.02. The number of nitrogens with one attached hydrogen (secondary N) is 1. The lowest BCUT2D eigenvalue weighted by atomic mass is 10.2. The fourth-order valence-corrected chi connectivity index (χ4v) is 1.64. The van der Waals surface area contributed by atoms with Gasteiger partial charge in [-0.1, -0.05) is 13.0 Å². The van der Waals surface area contributed by atoms with E-state index in [9.17, 15) is 4.79 Å². The molecule has 0 spiro atoms. The number of pyridine rings is 1. The van der Waals surface area contributed by atoms with Gasteiger partial charge < -0.3 is 11.1 Å². The van der Waals surface area contributed by atoms with Gasteiger partial charge in [0.1, 0.15) is 5.82 Å². The first-order valence-electron chi connectivity index (χ1n) is 5.99. The number of hydrogen-bond acceptors (Lipinski definition) is 4. The standard InChI is InChI=1S/C12H17N5O/c1-9(8-13)12(18)14-6-5-11-16-15-10-4-2-3-7-17(10)11/h2-4,7,9H,5-6,8,13H2,1H3,(H,14,18). The SMILES string of the molecule is CC(CN)C(=O)NCCc1nnc2ccccn12. The molecule has 6 nitrogen and oxygen atoms in total. The van der Waals surface area contributed by atoms with Gasteiger partial charge in [0.15, 0.2) is 5.65 Å². The van der Waals surface area contributed by atoms with Gasteiger partial charge in [-0.05, 0) is 12.1 Å². The molecule has 0 radical (unpaired) electrons. The molecular weight excluding hydrogens is 230 g/mol. The number of carbonyl (C=O) groups is 1. The van der Waals surface area contributed by atoms with Crippen LogP contribution in [0, 0.1) is 5.92 Å². The monoisotopic (exact) mass is 247 g/mol. The van der Waals surface area contributed by atoms with E-state index in [0.29, 0.717) is 19.5 Å². The van der Waals surface area contributed by atoms with Gasteiger partial charge in [0.05, 0.1) is 0 Å². The Morgan fingerprint density at radius 2 is 2.33 bits per heavy atom. The Balaban J connectivity index is 1.93. The van der Waals surface area contributed by atoms with Crippen LogP contribution in [0.2, 0.25) is 0 Å². The molecule has 0 fully saturated rings. The molecule has 0 saturated carbocycles. The third-order valence-corrected chi connectivity index (χ3v) is 2.83. The minimum absolute atomic E-state index is 0.0219. The summed E-state index contributed by atoms with van der Waals surface area (Å²) in [6, 6.07) is 5.74. The molecule has 0 bridgehead atoms. The van der Waals surface area contributed by atoms with Crippen molar-refractivity contribution in [3.63, 3.8) is 0 Å². The highest BCUT2D eigenvalue weighted by Gasteiger charge is 2.10. The van der Waals surface area contributed by atoms with Gasteiger partial charge in [0, 0.05) is 31.6 Å². The molecule has 96 valence electrons. The number of aromatic nitrogens is 3. The Morgan fingerprint density at radius 1 is 1.50 bits per heavy atom. The molecule has 0 aliphatic rings. The first-order chi connectivity index (χ1) is 8.72. The van der Waals surface area contributed by atoms with Crippen molar-refractivity contribution in [1.29, 1.82) is 0 Å². The summed E-state index contributed by atoms with van der Waals surface area (Å²) in [5.41, 5.74) is 6.24. The lowest BCUT2D eigenvalue weighted by Gasteiger charge is -2.08. The van der Waals surface area contributed by atoms with Crippen LogP contribution in [0.15, 0.2) is 24.4 Å². The van der Waals surface area contributed by atoms with Gasteiger partial charge in [-0.25, -0.2) is 0 Å². The Morgan fingerprint density at radius 3 is 3.11 bits per heavy atom. The Kier molecular flexibility index (Phi) is 3.88. The molecule has 0 saturated heterocycles. The van der Waals surface area contributed by atoms with E-state index in [1.165, 1.54) is 0 Å². The van der Waals surface area contributed by atoms with Crippen LogP contribution in [-0.4, -0.2) is 33.6 Å². The Bertz CT molecular complexity index is 536. The second kappa shape index (κ2) is 5.59. The van der Waals surface area contributed by atoms with Crippen molar-refractivity contribution < 1.29 is 4.79 Å². The minimum atomic E-state index is -0.153. The van der Waals surface area contributed by atoms with Crippen LogP contribution in [0.3, 0.4) is 0 Å². The van der Waals surface area contributed by atoms with Crippen molar-refractivity contribution in [2.75, 3.05) is 13.1 Å². The summed E-state index contributed by atoms with van der Waals surface area (Å²) in [4.78, 5) is 11.5. The summed E-state index contributed by atoms with van der Waals surface area (Å²) >= 11 is 0. The van der Waals surface area contributed by atoms with Crippen LogP contribution in [0.25, 0.3) is 5.65 Å². The van der Waals surface area contributed by atoms with E-state index < -0.39 is 0 Å². The van der Waals surface area contributed by atoms with Gasteiger partial charge >= 0.3 is 0 Å². The number of nitrogens with zero attached hydrogens (tertiary/aromatic N) is 3. The van der Waals surface area contributed by atoms with Gasteiger partial charge in [-0.2, -0.15) is 0 Å². The summed E-state index contributed by atoms with van der Waals surface area (Å²) in [6.45, 7) is 2.71. The minimum Gasteiger partial charge on any atom is -0.355 e. The van der Waals surface area contributed by atoms with Crippen LogP contribution in [0.4, 0.5) is 0 Å². The summed E-state index contributed by atoms with van der Waals surface area (Å²) in [5.74, 6) is 0.665. The van der Waals surface area contributed by atoms with E-state index >= 15 is 0 Å². The fourth-order valence-electron chi connectivity index (χ4n) is 1.64. The molecule has 2 heterocycles. The molecule has 0 aliphatic heterocycles. The molecule has 1 unspecified atom stereocenters. The molecule has 0 aliphatic carbocycles. The second-order valence-electron chi connectivity index (χ2n) is 4.22. The van der Waals surface area contributed by atoms with Crippen LogP contribution in [-0.2, 0) is 11.2 Å². The van der Waals surface area contributed by atoms with Crippen LogP contribution >= 0.6 is 0 Å². The number of fused-ring (bicyclic) bond motifs is 1. The zero-order valence-electron chi connectivity index (χ0n) is 10.3. The molecule has 6 heteroatoms. The fraction of sp³-hybridized carbons (Fsp3) is 0.417. The first kappa shape index (κ1) is 12.5. The smallest absolute Gasteiger partial charge is 0.224 e. The van der Waals surface area contributed by atoms with Crippen LogP contribution in [0.5, 0.6) is 0 Å². The number of nitrogens with two attached hydrogens (primary N) is 1. The van der Waals surface area contributed by atoms with Crippen LogP contribution < -0.4 is 11.1 Å². The quantitative estimate of drug-likeness (QED) is 0.777. The van der Waals surface area contributed by atoms with Crippen LogP contribution in [0.1, 0.15) is 12.7 Å². The van der Waals surface area contributed by atoms with Gasteiger partial charge in [-0.3, -0.25) is 9.20 Å². The topological polar surface area (TPSA) is 85.3 Å². The maximum atomic E-state index is 11.5. The molecule has 2 aromatic rings. The van der Waals surface area contributed by atoms with Gasteiger partial charge in [-0.15, -0.1) is 10.2 Å². The number of carbonyl (C=O) groups excluding carboxylic acids is 1. The van der Waals surface area contributed by atoms with E-state index in [2.05, 4.69) is 15.5 Å². The third kappa shape index (κ3) is 2.65. The van der Waals surface area contributed by atoms with Crippen molar-refractivity contribution in [3.8, 4) is 0 Å². The van der Waals surface area contributed by atoms with Crippen molar-refractivity contribution in [3.05, 3.63) is 30.2 Å². The van der Waals surface area contributed by atoms with Crippen molar-refractivity contribution >= 4 is 11.6 Å². The summed E-state index contributed by atoms with van der Waals surface area (Å²) < 4.78 is 1.92. The normalized spacial score (nSPS) is 12.6. The van der Waals surface area contributed by atoms with Crippen molar-refractivity contribution in [1.82, 2.24) is 19.9 Å². The maximum Gasteiger partial charge on any atom is 0.224 e. The molecule has 1 atom stereocenters. The maximum absolute atomic E-state index is 11.5. The summed E-state index contributed by atoms with van der Waals surface area (Å²) in [6.07, 6.45) is 2.56. The summed E-state index contributed by atoms with van der Waals surface area (Å²) in [7, 11) is 0. The molecule has 2 rings (SSSR count). The number of amides is 1. The number of rotatable bonds is 5. The van der Waals surface area contributed by atoms with Gasteiger partial charge in [0.2, 0.25) is 5.91 Å². The first-order valence-corrected chi connectivity index (χ1v) is 5.99. The molecule has 18 heavy (non-hydrogen) atoms. The molecule has 3 N–H and O–H groups in total. The van der Waals surface area contributed by atoms with Crippen molar-refractivity contribution in [2.45, 2.75) is 13.3 Å². The molecular formula is C12H17N5O. The highest BCUT2D eigenvalue weighted by atomic mass is 16.1. The van der Waals surface area contributed by atoms with E-state index in [1.807, 2.05) is 35.7 Å². The van der Waals surface area contributed by atoms with E-state index in [4.69, 9.17) is 5.73 Å². The lowest BCUT2D eigenvalue weighted by Crippen LogP contribution is -2.34. The van der Waals surface area contributed by atoms with E-state index in [0.717, 1.165) is 11.5 Å². The average Bonchev–Trinajstić information content (AvgIpc) is 2.81. The predicted molar refractivity (Wildman–Crippen MR) is 67.9 cm³/mol. The van der Waals surface area contributed by atoms with E-state index in [-0.39, 0.29) is 11.8 Å². The second-order valence-corrected chi connectivity index (χ2v) is 4.22. The summed E-state index contributed by atoms with van der Waals surface area (Å²) in [5, 5.41) is 11.0. The average molecular weight is 247 g/mol. The van der Waals surface area contributed by atoms with Gasteiger partial charge in [0.25, 0.3) is 0 Å². The highest BCUT2D eigenvalue weighted by molar-refractivity contribution is 5.78. The largest absolute Gasteiger partial charge is 0.355 e. The number of hydrogen-bond donors (Lipinski definition) is 2. The zero-order valence-corrected chi connectivity index (χ0v) is 10.3.